The summed E-state index contributed by atoms with van der Waals surface area (Å²) >= 11 is 0. The van der Waals surface area contributed by atoms with E-state index in [1.54, 1.807) is 13.1 Å². The summed E-state index contributed by atoms with van der Waals surface area (Å²) in [6, 6.07) is 7.88. The number of hydrogen-bond acceptors (Lipinski definition) is 3. The molecule has 0 saturated carbocycles. The Labute approximate surface area is 142 Å². The number of rotatable bonds is 1. The van der Waals surface area contributed by atoms with Crippen molar-refractivity contribution in [3.8, 4) is 0 Å². The number of carbonyl (C=O) groups excluding carboxylic acids is 1. The molecule has 130 valence electrons. The number of carbonyl (C=O) groups is 1. The number of allylic oxidation sites excluding steroid dienone is 1. The van der Waals surface area contributed by atoms with Crippen molar-refractivity contribution in [1.29, 1.82) is 0 Å². The van der Waals surface area contributed by atoms with Crippen LogP contribution >= 0.6 is 0 Å². The van der Waals surface area contributed by atoms with Crippen molar-refractivity contribution in [2.45, 2.75) is 54.0 Å². The minimum atomic E-state index is -0.136. The lowest BCUT2D eigenvalue weighted by molar-refractivity contribution is -0.127. The van der Waals surface area contributed by atoms with Crippen LogP contribution in [0.2, 0.25) is 0 Å². The Kier molecular flexibility index (Phi) is 13.7. The van der Waals surface area contributed by atoms with E-state index in [0.717, 1.165) is 11.1 Å². The number of amides is 1. The SMILES string of the molecule is C=CC.CC.CC.Cc1cccc(C2CC(=O)N(C)C(N)=N2)c1. The van der Waals surface area contributed by atoms with Crippen molar-refractivity contribution in [3.05, 3.63) is 48.0 Å². The number of nitrogens with zero attached hydrogens (tertiary/aromatic N) is 2. The second-order valence-corrected chi connectivity index (χ2v) is 4.48. The van der Waals surface area contributed by atoms with Crippen molar-refractivity contribution in [2.24, 2.45) is 10.7 Å². The summed E-state index contributed by atoms with van der Waals surface area (Å²) in [5.41, 5.74) is 7.90. The van der Waals surface area contributed by atoms with Gasteiger partial charge in [0.25, 0.3) is 0 Å². The maximum absolute atomic E-state index is 11.6. The second-order valence-electron chi connectivity index (χ2n) is 4.48. The van der Waals surface area contributed by atoms with Gasteiger partial charge in [-0.2, -0.15) is 0 Å². The lowest BCUT2D eigenvalue weighted by atomic mass is 10.0. The molecule has 0 fully saturated rings. The van der Waals surface area contributed by atoms with Gasteiger partial charge in [-0.25, -0.2) is 4.99 Å². The van der Waals surface area contributed by atoms with Crippen LogP contribution in [0.4, 0.5) is 0 Å². The van der Waals surface area contributed by atoms with Gasteiger partial charge < -0.3 is 5.73 Å². The Balaban J connectivity index is 0. The predicted molar refractivity (Wildman–Crippen MR) is 101 cm³/mol. The summed E-state index contributed by atoms with van der Waals surface area (Å²) in [6.07, 6.45) is 2.14. The molecular weight excluding hydrogens is 286 g/mol. The highest BCUT2D eigenvalue weighted by molar-refractivity contribution is 5.98. The van der Waals surface area contributed by atoms with Crippen LogP contribution in [0.15, 0.2) is 41.9 Å². The van der Waals surface area contributed by atoms with Crippen LogP contribution in [-0.4, -0.2) is 23.8 Å². The van der Waals surface area contributed by atoms with Crippen molar-refractivity contribution in [3.63, 3.8) is 0 Å². The van der Waals surface area contributed by atoms with E-state index in [2.05, 4.69) is 11.6 Å². The minimum absolute atomic E-state index is 0.0130. The van der Waals surface area contributed by atoms with Gasteiger partial charge in [-0.3, -0.25) is 9.69 Å². The summed E-state index contributed by atoms with van der Waals surface area (Å²) in [6.45, 7) is 15.3. The number of aliphatic imine (C=N–C) groups is 1. The van der Waals surface area contributed by atoms with Crippen molar-refractivity contribution >= 4 is 11.9 Å². The third-order valence-corrected chi connectivity index (χ3v) is 2.80. The van der Waals surface area contributed by atoms with E-state index >= 15 is 0 Å². The normalized spacial score (nSPS) is 15.6. The summed E-state index contributed by atoms with van der Waals surface area (Å²) in [4.78, 5) is 17.4. The molecule has 1 aliphatic heterocycles. The van der Waals surface area contributed by atoms with Gasteiger partial charge in [0.15, 0.2) is 5.96 Å². The Morgan fingerprint density at radius 1 is 1.30 bits per heavy atom. The standard InChI is InChI=1S/C12H15N3O.C3H6.2C2H6/c1-8-4-3-5-9(6-8)10-7-11(16)15(2)12(13)14-10;1-3-2;2*1-2/h3-6,10H,7H2,1-2H3,(H2,13,14);3H,1H2,2H3;2*1-2H3. The Bertz CT molecular complexity index is 495. The average Bonchev–Trinajstić information content (AvgIpc) is 2.56. The van der Waals surface area contributed by atoms with Gasteiger partial charge in [-0.15, -0.1) is 6.58 Å². The number of aryl methyl sites for hydroxylation is 1. The zero-order chi connectivity index (χ0) is 18.4. The lowest BCUT2D eigenvalue weighted by Gasteiger charge is -2.25. The third kappa shape index (κ3) is 8.19. The molecule has 4 heteroatoms. The van der Waals surface area contributed by atoms with Crippen LogP contribution in [0, 0.1) is 6.92 Å². The molecular formula is C19H33N3O. The molecule has 0 bridgehead atoms. The van der Waals surface area contributed by atoms with Gasteiger partial charge in [0, 0.05) is 7.05 Å². The monoisotopic (exact) mass is 319 g/mol. The molecule has 1 aromatic carbocycles. The zero-order valence-electron chi connectivity index (χ0n) is 15.8. The Morgan fingerprint density at radius 3 is 2.26 bits per heavy atom. The molecule has 2 rings (SSSR count). The topological polar surface area (TPSA) is 58.7 Å². The Morgan fingerprint density at radius 2 is 1.83 bits per heavy atom. The van der Waals surface area contributed by atoms with Crippen LogP contribution in [0.5, 0.6) is 0 Å². The molecule has 1 heterocycles. The smallest absolute Gasteiger partial charge is 0.231 e. The van der Waals surface area contributed by atoms with Crippen LogP contribution in [0.3, 0.4) is 0 Å². The molecule has 1 unspecified atom stereocenters. The summed E-state index contributed by atoms with van der Waals surface area (Å²) < 4.78 is 0. The first kappa shape index (κ1) is 23.2. The molecule has 1 atom stereocenters. The first-order chi connectivity index (χ1) is 11.0. The molecule has 2 N–H and O–H groups in total. The van der Waals surface area contributed by atoms with E-state index in [0.29, 0.717) is 12.4 Å². The summed E-state index contributed by atoms with van der Waals surface area (Å²) in [7, 11) is 1.65. The largest absolute Gasteiger partial charge is 0.369 e. The van der Waals surface area contributed by atoms with E-state index in [1.807, 2.05) is 65.8 Å². The fourth-order valence-electron chi connectivity index (χ4n) is 1.79. The molecule has 23 heavy (non-hydrogen) atoms. The lowest BCUT2D eigenvalue weighted by Crippen LogP contribution is -2.42. The van der Waals surface area contributed by atoms with E-state index in [1.165, 1.54) is 4.90 Å². The van der Waals surface area contributed by atoms with Crippen LogP contribution in [-0.2, 0) is 4.79 Å². The van der Waals surface area contributed by atoms with Gasteiger partial charge in [0.1, 0.15) is 0 Å². The fraction of sp³-hybridized carbons (Fsp3) is 0.474. The first-order valence-corrected chi connectivity index (χ1v) is 8.23. The highest BCUT2D eigenvalue weighted by Crippen LogP contribution is 2.25. The van der Waals surface area contributed by atoms with Crippen LogP contribution in [0.25, 0.3) is 0 Å². The van der Waals surface area contributed by atoms with Crippen molar-refractivity contribution in [2.75, 3.05) is 7.05 Å². The van der Waals surface area contributed by atoms with E-state index in [4.69, 9.17) is 5.73 Å². The second kappa shape index (κ2) is 13.6. The summed E-state index contributed by atoms with van der Waals surface area (Å²) in [5, 5.41) is 0. The van der Waals surface area contributed by atoms with Gasteiger partial charge in [0.2, 0.25) is 5.91 Å². The zero-order valence-corrected chi connectivity index (χ0v) is 15.8. The Hall–Kier alpha value is -2.10. The highest BCUT2D eigenvalue weighted by Gasteiger charge is 2.25. The number of nitrogens with two attached hydrogens (primary N) is 1. The molecule has 1 amide bonds. The number of guanidine groups is 1. The molecule has 4 nitrogen and oxygen atoms in total. The van der Waals surface area contributed by atoms with Gasteiger partial charge >= 0.3 is 0 Å². The van der Waals surface area contributed by atoms with Crippen molar-refractivity contribution < 1.29 is 4.79 Å². The molecule has 0 aromatic heterocycles. The quantitative estimate of drug-likeness (QED) is 0.777. The average molecular weight is 319 g/mol. The fourth-order valence-corrected chi connectivity index (χ4v) is 1.79. The number of benzene rings is 1. The number of hydrogen-bond donors (Lipinski definition) is 1. The maximum Gasteiger partial charge on any atom is 0.231 e. The van der Waals surface area contributed by atoms with Crippen LogP contribution in [0.1, 0.15) is 58.2 Å². The van der Waals surface area contributed by atoms with Gasteiger partial charge in [-0.05, 0) is 19.4 Å². The van der Waals surface area contributed by atoms with E-state index in [-0.39, 0.29) is 11.9 Å². The molecule has 0 aliphatic carbocycles. The van der Waals surface area contributed by atoms with Crippen LogP contribution < -0.4 is 5.73 Å². The predicted octanol–water partition coefficient (Wildman–Crippen LogP) is 4.46. The highest BCUT2D eigenvalue weighted by atomic mass is 16.2. The third-order valence-electron chi connectivity index (χ3n) is 2.80. The van der Waals surface area contributed by atoms with E-state index in [9.17, 15) is 4.79 Å². The van der Waals surface area contributed by atoms with Gasteiger partial charge in [-0.1, -0.05) is 63.6 Å². The molecule has 0 radical (unpaired) electrons. The summed E-state index contributed by atoms with van der Waals surface area (Å²) in [5.74, 6) is 0.307. The van der Waals surface area contributed by atoms with E-state index < -0.39 is 0 Å². The van der Waals surface area contributed by atoms with Gasteiger partial charge in [0.05, 0.1) is 12.5 Å². The molecule has 1 aliphatic rings. The molecule has 0 spiro atoms. The first-order valence-electron chi connectivity index (χ1n) is 8.23. The molecule has 1 aromatic rings. The molecule has 0 saturated heterocycles. The maximum atomic E-state index is 11.6. The minimum Gasteiger partial charge on any atom is -0.369 e. The van der Waals surface area contributed by atoms with Crippen molar-refractivity contribution in [1.82, 2.24) is 4.90 Å².